The van der Waals surface area contributed by atoms with Crippen molar-refractivity contribution in [1.29, 1.82) is 0 Å². The molecule has 3 aliphatic rings. The van der Waals surface area contributed by atoms with Crippen molar-refractivity contribution in [3.05, 3.63) is 208 Å². The lowest BCUT2D eigenvalue weighted by atomic mass is 9.77. The highest BCUT2D eigenvalue weighted by molar-refractivity contribution is 6.59. The number of ether oxygens (including phenoxy) is 1. The Morgan fingerprint density at radius 1 is 0.868 bits per heavy atom. The molecule has 0 fully saturated rings. The zero-order valence-corrected chi connectivity index (χ0v) is 40.1. The third-order valence-electron chi connectivity index (χ3n) is 13.6. The Kier molecular flexibility index (Phi) is 14.3. The number of rotatable bonds is 16. The van der Waals surface area contributed by atoms with Crippen LogP contribution < -0.4 is 25.1 Å². The maximum absolute atomic E-state index is 12.1. The molecule has 0 saturated heterocycles. The number of hydrogen-bond acceptors (Lipinski definition) is 7. The number of nitrogens with zero attached hydrogens (tertiary/aromatic N) is 2. The summed E-state index contributed by atoms with van der Waals surface area (Å²) in [4.78, 5) is 14.5. The maximum atomic E-state index is 12.1. The van der Waals surface area contributed by atoms with E-state index in [0.717, 1.165) is 83.3 Å². The van der Waals surface area contributed by atoms with Gasteiger partial charge in [0.2, 0.25) is 11.6 Å². The fourth-order valence-electron chi connectivity index (χ4n) is 9.87. The number of benzene rings is 5. The van der Waals surface area contributed by atoms with Crippen LogP contribution >= 0.6 is 0 Å². The first kappa shape index (κ1) is 47.8. The summed E-state index contributed by atoms with van der Waals surface area (Å²) >= 11 is 0. The van der Waals surface area contributed by atoms with Gasteiger partial charge in [-0.05, 0) is 118 Å². The molecule has 2 heterocycles. The van der Waals surface area contributed by atoms with Crippen LogP contribution in [0.3, 0.4) is 0 Å². The molecular formula is C57H61B2N3O6+. The van der Waals surface area contributed by atoms with Gasteiger partial charge >= 0.3 is 14.8 Å². The summed E-state index contributed by atoms with van der Waals surface area (Å²) in [5.74, 6) is 1.97. The summed E-state index contributed by atoms with van der Waals surface area (Å²) in [6.45, 7) is 18.1. The van der Waals surface area contributed by atoms with E-state index in [4.69, 9.17) is 9.39 Å². The van der Waals surface area contributed by atoms with Gasteiger partial charge in [-0.15, -0.1) is 0 Å². The van der Waals surface area contributed by atoms with Gasteiger partial charge in [-0.2, -0.15) is 4.58 Å². The standard InChI is InChI=1S/C57H60B2N3O6/c1-38(2)55(63)60-34-33-40-24-28-45(29-25-40)67-54-41(26-31-52-56(4,5)46-19-10-12-21-49(46)61(52)36-43-15-8-11-20-48(43)59(65)66)17-14-18-42(54)27-32-53-57(6,7)47-35-39(3)23-30-50(47)62(53)37-44-16-9-13-22-51(44)68-58-64/h8-13,15-16,19-32,35,64-66H,1,14,17-18,33-34,36-37H2,2-7H3/p+1. The second-order valence-corrected chi connectivity index (χ2v) is 19.1. The second-order valence-electron chi connectivity index (χ2n) is 19.1. The van der Waals surface area contributed by atoms with Crippen LogP contribution in [0, 0.1) is 6.92 Å². The molecule has 68 heavy (non-hydrogen) atoms. The normalized spacial score (nSPS) is 17.2. The average Bonchev–Trinajstić information content (AvgIpc) is 3.66. The number of aryl methyl sites for hydroxylation is 1. The van der Waals surface area contributed by atoms with E-state index in [1.165, 1.54) is 16.7 Å². The number of para-hydroxylation sites is 2. The Bertz CT molecular complexity index is 2890. The van der Waals surface area contributed by atoms with Crippen LogP contribution in [0.4, 0.5) is 11.4 Å². The van der Waals surface area contributed by atoms with Crippen molar-refractivity contribution in [2.75, 3.05) is 11.4 Å². The number of carbonyl (C=O) groups excluding carboxylic acids is 1. The molecule has 0 unspecified atom stereocenters. The van der Waals surface area contributed by atoms with Crippen molar-refractivity contribution in [2.24, 2.45) is 0 Å². The van der Waals surface area contributed by atoms with Crippen LogP contribution in [0.5, 0.6) is 11.5 Å². The molecule has 8 rings (SSSR count). The first-order valence-corrected chi connectivity index (χ1v) is 23.5. The molecule has 11 heteroatoms. The van der Waals surface area contributed by atoms with Gasteiger partial charge in [0.25, 0.3) is 0 Å². The molecule has 1 radical (unpaired) electrons. The molecule has 0 bridgehead atoms. The second kappa shape index (κ2) is 20.3. The number of amides is 1. The summed E-state index contributed by atoms with van der Waals surface area (Å²) in [5.41, 5.74) is 13.4. The molecule has 5 aromatic rings. The van der Waals surface area contributed by atoms with E-state index in [2.05, 4.69) is 123 Å². The predicted octanol–water partition coefficient (Wildman–Crippen LogP) is 9.27. The number of allylic oxidation sites excluding steroid dienone is 7. The van der Waals surface area contributed by atoms with Crippen molar-refractivity contribution in [3.63, 3.8) is 0 Å². The smallest absolute Gasteiger partial charge is 0.537 e. The number of fused-ring (bicyclic) bond motifs is 2. The molecular weight excluding hydrogens is 844 g/mol. The van der Waals surface area contributed by atoms with E-state index in [0.29, 0.717) is 48.6 Å². The lowest BCUT2D eigenvalue weighted by molar-refractivity contribution is -0.454. The van der Waals surface area contributed by atoms with E-state index >= 15 is 0 Å². The Labute approximate surface area is 402 Å². The van der Waals surface area contributed by atoms with Crippen molar-refractivity contribution in [1.82, 2.24) is 5.32 Å². The molecule has 1 aliphatic carbocycles. The molecule has 0 aromatic heterocycles. The van der Waals surface area contributed by atoms with Crippen LogP contribution in [0.15, 0.2) is 174 Å². The molecule has 5 aromatic carbocycles. The zero-order valence-electron chi connectivity index (χ0n) is 40.1. The van der Waals surface area contributed by atoms with Crippen molar-refractivity contribution in [3.8, 4) is 11.5 Å². The Morgan fingerprint density at radius 2 is 1.59 bits per heavy atom. The van der Waals surface area contributed by atoms with Crippen LogP contribution in [0.25, 0.3) is 0 Å². The van der Waals surface area contributed by atoms with Crippen LogP contribution in [0.1, 0.15) is 87.3 Å². The highest BCUT2D eigenvalue weighted by Gasteiger charge is 2.45. The Morgan fingerprint density at radius 3 is 2.34 bits per heavy atom. The van der Waals surface area contributed by atoms with Crippen LogP contribution in [-0.2, 0) is 35.1 Å². The van der Waals surface area contributed by atoms with E-state index in [-0.39, 0.29) is 16.7 Å². The lowest BCUT2D eigenvalue weighted by Crippen LogP contribution is -2.34. The monoisotopic (exact) mass is 905 g/mol. The highest BCUT2D eigenvalue weighted by Crippen LogP contribution is 2.49. The van der Waals surface area contributed by atoms with Gasteiger partial charge in [-0.25, -0.2) is 0 Å². The molecule has 2 aliphatic heterocycles. The van der Waals surface area contributed by atoms with Gasteiger partial charge in [-0.1, -0.05) is 117 Å². The molecule has 0 spiro atoms. The summed E-state index contributed by atoms with van der Waals surface area (Å²) in [5, 5.41) is 33.2. The fourth-order valence-corrected chi connectivity index (χ4v) is 9.87. The molecule has 345 valence electrons. The van der Waals surface area contributed by atoms with Gasteiger partial charge in [0.05, 0.1) is 12.0 Å². The van der Waals surface area contributed by atoms with Gasteiger partial charge in [0.1, 0.15) is 17.3 Å². The Hall–Kier alpha value is -6.65. The largest absolute Gasteiger partial charge is 0.569 e. The molecule has 4 N–H and O–H groups in total. The number of hydrogen-bond donors (Lipinski definition) is 4. The number of nitrogens with one attached hydrogen (secondary N) is 1. The van der Waals surface area contributed by atoms with Gasteiger partial charge < -0.3 is 34.7 Å². The summed E-state index contributed by atoms with van der Waals surface area (Å²) in [7, 11) is -0.856. The molecule has 0 atom stereocenters. The summed E-state index contributed by atoms with van der Waals surface area (Å²) in [6, 6.07) is 38.5. The zero-order chi connectivity index (χ0) is 48.2. The summed E-state index contributed by atoms with van der Waals surface area (Å²) in [6.07, 6.45) is 12.2. The number of anilines is 1. The average molecular weight is 906 g/mol. The third kappa shape index (κ3) is 9.97. The SMILES string of the molecule is C=C(C)C(=O)NCCc1ccc(OC2=C(/C=C/C3=[N+](Cc4ccccc4B(O)O)c4ccccc4C3(C)C)CCC/C2=C\C=C2\N(Cc3ccccc3O[B]O)c3ccc(C)cc3C2(C)C)cc1. The van der Waals surface area contributed by atoms with E-state index in [1.54, 1.807) is 13.0 Å². The number of carbonyl (C=O) groups is 1. The van der Waals surface area contributed by atoms with Crippen LogP contribution in [0.2, 0.25) is 0 Å². The maximum Gasteiger partial charge on any atom is 0.569 e. The minimum atomic E-state index is -1.59. The predicted molar refractivity (Wildman–Crippen MR) is 275 cm³/mol. The van der Waals surface area contributed by atoms with Gasteiger partial charge in [-0.3, -0.25) is 4.79 Å². The fraction of sp³-hybridized carbons (Fsp3) is 0.263. The first-order chi connectivity index (χ1) is 32.7. The van der Waals surface area contributed by atoms with Crippen molar-refractivity contribution in [2.45, 2.75) is 91.1 Å². The molecule has 1 amide bonds. The molecule has 9 nitrogen and oxygen atoms in total. The third-order valence-corrected chi connectivity index (χ3v) is 13.6. The van der Waals surface area contributed by atoms with Crippen molar-refractivity contribution >= 4 is 43.3 Å². The quantitative estimate of drug-likeness (QED) is 0.0444. The van der Waals surface area contributed by atoms with Gasteiger partial charge in [0, 0.05) is 57.8 Å². The van der Waals surface area contributed by atoms with E-state index in [1.807, 2.05) is 66.7 Å². The topological polar surface area (TPSA) is 114 Å². The first-order valence-electron chi connectivity index (χ1n) is 23.5. The van der Waals surface area contributed by atoms with Crippen LogP contribution in [-0.4, -0.2) is 52.6 Å². The van der Waals surface area contributed by atoms with E-state index in [9.17, 15) is 19.9 Å². The highest BCUT2D eigenvalue weighted by atomic mass is 16.5. The van der Waals surface area contributed by atoms with Gasteiger partial charge in [0.15, 0.2) is 12.3 Å². The minimum absolute atomic E-state index is 0.147. The Balaban J connectivity index is 1.22. The van der Waals surface area contributed by atoms with E-state index < -0.39 is 7.12 Å². The van der Waals surface area contributed by atoms with Crippen molar-refractivity contribution < 1.29 is 33.8 Å². The molecule has 0 saturated carbocycles. The summed E-state index contributed by atoms with van der Waals surface area (Å²) < 4.78 is 14.9. The lowest BCUT2D eigenvalue weighted by Gasteiger charge is -2.28. The minimum Gasteiger partial charge on any atom is -0.537 e.